The lowest BCUT2D eigenvalue weighted by atomic mass is 10.2. The molecule has 1 fully saturated rings. The number of hydrogen-bond acceptors (Lipinski definition) is 5. The Kier molecular flexibility index (Phi) is 7.47. The van der Waals surface area contributed by atoms with Gasteiger partial charge in [-0.2, -0.15) is 0 Å². The molecule has 3 aromatic rings. The number of halogens is 1. The Labute approximate surface area is 198 Å². The average Bonchev–Trinajstić information content (AvgIpc) is 2.86. The van der Waals surface area contributed by atoms with Gasteiger partial charge in [0.2, 0.25) is 0 Å². The van der Waals surface area contributed by atoms with Crippen LogP contribution in [0.4, 0.5) is 10.1 Å². The fourth-order valence-corrected chi connectivity index (χ4v) is 4.45. The van der Waals surface area contributed by atoms with Gasteiger partial charge in [0.05, 0.1) is 19.3 Å². The summed E-state index contributed by atoms with van der Waals surface area (Å²) in [6, 6.07) is 14.2. The van der Waals surface area contributed by atoms with Crippen LogP contribution >= 0.6 is 0 Å². The SMILES string of the molecule is COc1cc(F)ccc1N1CCN(CCCn2cc(C)c(=O)n(Cc3ccccc3)c2=O)CC1. The van der Waals surface area contributed by atoms with E-state index < -0.39 is 0 Å². The standard InChI is InChI=1S/C26H31FN4O3/c1-20-18-30(26(33)31(25(20)32)19-21-7-4-3-5-8-21)12-6-11-28-13-15-29(16-14-28)23-10-9-22(27)17-24(23)34-2/h3-5,7-10,17-18H,6,11-16,19H2,1-2H3. The highest BCUT2D eigenvalue weighted by atomic mass is 19.1. The predicted octanol–water partition coefficient (Wildman–Crippen LogP) is 2.73. The normalized spacial score (nSPS) is 14.4. The molecule has 180 valence electrons. The van der Waals surface area contributed by atoms with Gasteiger partial charge in [-0.15, -0.1) is 0 Å². The lowest BCUT2D eigenvalue weighted by Crippen LogP contribution is -2.47. The summed E-state index contributed by atoms with van der Waals surface area (Å²) in [7, 11) is 1.56. The van der Waals surface area contributed by atoms with Crippen molar-refractivity contribution in [3.63, 3.8) is 0 Å². The van der Waals surface area contributed by atoms with Crippen LogP contribution in [0.15, 0.2) is 64.3 Å². The van der Waals surface area contributed by atoms with Crippen LogP contribution in [-0.4, -0.2) is 53.9 Å². The maximum absolute atomic E-state index is 13.5. The zero-order valence-electron chi connectivity index (χ0n) is 19.7. The summed E-state index contributed by atoms with van der Waals surface area (Å²) >= 11 is 0. The summed E-state index contributed by atoms with van der Waals surface area (Å²) in [5, 5.41) is 0. The minimum Gasteiger partial charge on any atom is -0.494 e. The van der Waals surface area contributed by atoms with Crippen molar-refractivity contribution >= 4 is 5.69 Å². The number of nitrogens with zero attached hydrogens (tertiary/aromatic N) is 4. The molecule has 0 radical (unpaired) electrons. The Morgan fingerprint density at radius 1 is 0.971 bits per heavy atom. The number of rotatable bonds is 8. The molecule has 0 saturated carbocycles. The number of anilines is 1. The van der Waals surface area contributed by atoms with Gasteiger partial charge in [0.25, 0.3) is 5.56 Å². The molecule has 4 rings (SSSR count). The first-order valence-corrected chi connectivity index (χ1v) is 11.6. The molecule has 0 N–H and O–H groups in total. The molecule has 1 aromatic heterocycles. The fourth-order valence-electron chi connectivity index (χ4n) is 4.45. The number of hydrogen-bond donors (Lipinski definition) is 0. The predicted molar refractivity (Wildman–Crippen MR) is 131 cm³/mol. The molecule has 2 heterocycles. The van der Waals surface area contributed by atoms with E-state index in [-0.39, 0.29) is 23.6 Å². The molecule has 0 bridgehead atoms. The molecule has 2 aromatic carbocycles. The number of aromatic nitrogens is 2. The third-order valence-corrected chi connectivity index (χ3v) is 6.32. The zero-order chi connectivity index (χ0) is 24.1. The molecule has 1 saturated heterocycles. The van der Waals surface area contributed by atoms with E-state index >= 15 is 0 Å². The van der Waals surface area contributed by atoms with Crippen LogP contribution in [0.2, 0.25) is 0 Å². The average molecular weight is 467 g/mol. The first-order valence-electron chi connectivity index (χ1n) is 11.6. The summed E-state index contributed by atoms with van der Waals surface area (Å²) in [6.07, 6.45) is 2.48. The van der Waals surface area contributed by atoms with Crippen molar-refractivity contribution in [2.45, 2.75) is 26.4 Å². The Balaban J connectivity index is 1.35. The maximum Gasteiger partial charge on any atom is 0.331 e. The molecule has 0 amide bonds. The van der Waals surface area contributed by atoms with Crippen molar-refractivity contribution in [2.24, 2.45) is 0 Å². The molecular weight excluding hydrogens is 435 g/mol. The van der Waals surface area contributed by atoms with Gasteiger partial charge in [-0.1, -0.05) is 30.3 Å². The van der Waals surface area contributed by atoms with Gasteiger partial charge in [-0.3, -0.25) is 14.3 Å². The first kappa shape index (κ1) is 23.8. The summed E-state index contributed by atoms with van der Waals surface area (Å²) in [5.74, 6) is 0.244. The van der Waals surface area contributed by atoms with Gasteiger partial charge < -0.3 is 14.2 Å². The van der Waals surface area contributed by atoms with E-state index in [2.05, 4.69) is 9.80 Å². The van der Waals surface area contributed by atoms with E-state index in [1.165, 1.54) is 16.7 Å². The van der Waals surface area contributed by atoms with E-state index in [0.29, 0.717) is 17.9 Å². The van der Waals surface area contributed by atoms with Crippen molar-refractivity contribution in [1.29, 1.82) is 0 Å². The van der Waals surface area contributed by atoms with Crippen molar-refractivity contribution in [2.75, 3.05) is 44.7 Å². The Hall–Kier alpha value is -3.39. The lowest BCUT2D eigenvalue weighted by molar-refractivity contribution is 0.249. The number of piperazine rings is 1. The zero-order valence-corrected chi connectivity index (χ0v) is 19.7. The summed E-state index contributed by atoms with van der Waals surface area (Å²) in [6.45, 7) is 6.84. The molecule has 0 spiro atoms. The van der Waals surface area contributed by atoms with Gasteiger partial charge >= 0.3 is 5.69 Å². The van der Waals surface area contributed by atoms with Gasteiger partial charge in [0.15, 0.2) is 0 Å². The molecule has 34 heavy (non-hydrogen) atoms. The van der Waals surface area contributed by atoms with Gasteiger partial charge in [0, 0.05) is 50.6 Å². The highest BCUT2D eigenvalue weighted by Crippen LogP contribution is 2.29. The van der Waals surface area contributed by atoms with Crippen LogP contribution in [0, 0.1) is 12.7 Å². The Morgan fingerprint density at radius 2 is 1.71 bits per heavy atom. The minimum atomic E-state index is -0.306. The molecule has 8 heteroatoms. The van der Waals surface area contributed by atoms with Gasteiger partial charge in [-0.05, 0) is 37.6 Å². The number of aryl methyl sites for hydroxylation is 2. The van der Waals surface area contributed by atoms with Gasteiger partial charge in [-0.25, -0.2) is 9.18 Å². The quantitative estimate of drug-likeness (QED) is 0.511. The van der Waals surface area contributed by atoms with Crippen molar-refractivity contribution in [3.05, 3.63) is 92.5 Å². The van der Waals surface area contributed by atoms with Crippen molar-refractivity contribution < 1.29 is 9.13 Å². The molecule has 0 aliphatic carbocycles. The lowest BCUT2D eigenvalue weighted by Gasteiger charge is -2.36. The van der Waals surface area contributed by atoms with Crippen LogP contribution < -0.4 is 20.9 Å². The smallest absolute Gasteiger partial charge is 0.331 e. The van der Waals surface area contributed by atoms with Crippen LogP contribution in [0.3, 0.4) is 0 Å². The van der Waals surface area contributed by atoms with Crippen LogP contribution in [-0.2, 0) is 13.1 Å². The van der Waals surface area contributed by atoms with E-state index in [4.69, 9.17) is 4.74 Å². The molecule has 7 nitrogen and oxygen atoms in total. The van der Waals surface area contributed by atoms with Crippen molar-refractivity contribution in [3.8, 4) is 5.75 Å². The van der Waals surface area contributed by atoms with E-state index in [1.807, 2.05) is 30.3 Å². The highest BCUT2D eigenvalue weighted by Gasteiger charge is 2.20. The monoisotopic (exact) mass is 466 g/mol. The number of methoxy groups -OCH3 is 1. The minimum absolute atomic E-state index is 0.238. The fraction of sp³-hybridized carbons (Fsp3) is 0.385. The van der Waals surface area contributed by atoms with Crippen LogP contribution in [0.1, 0.15) is 17.5 Å². The number of benzene rings is 2. The maximum atomic E-state index is 13.5. The molecule has 1 aliphatic rings. The topological polar surface area (TPSA) is 59.7 Å². The second kappa shape index (κ2) is 10.7. The largest absolute Gasteiger partial charge is 0.494 e. The summed E-state index contributed by atoms with van der Waals surface area (Å²) in [5.41, 5.74) is 1.89. The van der Waals surface area contributed by atoms with E-state index in [9.17, 15) is 14.0 Å². The third-order valence-electron chi connectivity index (χ3n) is 6.32. The summed E-state index contributed by atoms with van der Waals surface area (Å²) < 4.78 is 21.8. The van der Waals surface area contributed by atoms with E-state index in [1.54, 1.807) is 30.9 Å². The van der Waals surface area contributed by atoms with E-state index in [0.717, 1.165) is 50.4 Å². The van der Waals surface area contributed by atoms with Crippen LogP contribution in [0.5, 0.6) is 5.75 Å². The Bertz CT molecular complexity index is 1230. The van der Waals surface area contributed by atoms with Gasteiger partial charge in [0.1, 0.15) is 11.6 Å². The second-order valence-corrected chi connectivity index (χ2v) is 8.66. The Morgan fingerprint density at radius 3 is 2.41 bits per heavy atom. The molecule has 0 unspecified atom stereocenters. The summed E-state index contributed by atoms with van der Waals surface area (Å²) in [4.78, 5) is 30.1. The molecular formula is C26H31FN4O3. The molecule has 0 atom stereocenters. The molecule has 1 aliphatic heterocycles. The highest BCUT2D eigenvalue weighted by molar-refractivity contribution is 5.59. The first-order chi connectivity index (χ1) is 16.5. The number of ether oxygens (including phenoxy) is 1. The van der Waals surface area contributed by atoms with Crippen molar-refractivity contribution in [1.82, 2.24) is 14.0 Å². The second-order valence-electron chi connectivity index (χ2n) is 8.66. The van der Waals surface area contributed by atoms with Crippen LogP contribution in [0.25, 0.3) is 0 Å². The third kappa shape index (κ3) is 5.39.